The molecule has 0 N–H and O–H groups in total. The molecule has 2 aromatic heterocycles. The maximum absolute atomic E-state index is 4.78. The molecule has 1 fully saturated rings. The van der Waals surface area contributed by atoms with Crippen molar-refractivity contribution < 1.29 is 0 Å². The summed E-state index contributed by atoms with van der Waals surface area (Å²) in [6, 6.07) is 4.04. The first kappa shape index (κ1) is 12.0. The minimum Gasteiger partial charge on any atom is -0.300 e. The third-order valence-corrected chi connectivity index (χ3v) is 4.66. The zero-order valence-electron chi connectivity index (χ0n) is 11.0. The molecule has 3 nitrogen and oxygen atoms in total. The topological polar surface area (TPSA) is 30.7 Å². The van der Waals surface area contributed by atoms with Crippen LogP contribution in [-0.4, -0.2) is 20.3 Å². The van der Waals surface area contributed by atoms with Crippen molar-refractivity contribution in [3.8, 4) is 0 Å². The quantitative estimate of drug-likeness (QED) is 0.845. The smallest absolute Gasteiger partial charge is 0.160 e. The van der Waals surface area contributed by atoms with Crippen LogP contribution < -0.4 is 0 Å². The predicted octanol–water partition coefficient (Wildman–Crippen LogP) is 3.66. The van der Waals surface area contributed by atoms with Gasteiger partial charge in [0.25, 0.3) is 0 Å². The van der Waals surface area contributed by atoms with Crippen LogP contribution >= 0.6 is 11.8 Å². The van der Waals surface area contributed by atoms with Crippen molar-refractivity contribution in [1.29, 1.82) is 0 Å². The third-order valence-electron chi connectivity index (χ3n) is 3.31. The van der Waals surface area contributed by atoms with Crippen LogP contribution in [0.5, 0.6) is 0 Å². The molecule has 4 heteroatoms. The molecule has 0 amide bonds. The molecule has 3 heterocycles. The fourth-order valence-corrected chi connectivity index (χ4v) is 3.86. The van der Waals surface area contributed by atoms with Crippen molar-refractivity contribution in [3.05, 3.63) is 24.2 Å². The average molecular weight is 261 g/mol. The summed E-state index contributed by atoms with van der Waals surface area (Å²) in [6.07, 6.45) is 5.47. The Kier molecular flexibility index (Phi) is 3.29. The van der Waals surface area contributed by atoms with Gasteiger partial charge in [0, 0.05) is 12.6 Å². The highest BCUT2D eigenvalue weighted by atomic mass is 32.2. The van der Waals surface area contributed by atoms with Gasteiger partial charge < -0.3 is 0 Å². The van der Waals surface area contributed by atoms with Crippen molar-refractivity contribution in [1.82, 2.24) is 14.5 Å². The molecule has 1 aliphatic heterocycles. The van der Waals surface area contributed by atoms with Gasteiger partial charge in [0.05, 0.1) is 5.37 Å². The van der Waals surface area contributed by atoms with Gasteiger partial charge in [-0.05, 0) is 36.6 Å². The van der Waals surface area contributed by atoms with Crippen molar-refractivity contribution >= 4 is 22.9 Å². The summed E-state index contributed by atoms with van der Waals surface area (Å²) in [5, 5.41) is 0.540. The Hall–Kier alpha value is -1.03. The summed E-state index contributed by atoms with van der Waals surface area (Å²) < 4.78 is 2.38. The van der Waals surface area contributed by atoms with E-state index >= 15 is 0 Å². The third kappa shape index (κ3) is 2.14. The molecule has 18 heavy (non-hydrogen) atoms. The fourth-order valence-electron chi connectivity index (χ4n) is 2.55. The summed E-state index contributed by atoms with van der Waals surface area (Å²) >= 11 is 2.04. The first-order valence-corrected chi connectivity index (χ1v) is 7.74. The van der Waals surface area contributed by atoms with Gasteiger partial charge in [-0.1, -0.05) is 13.8 Å². The molecule has 0 radical (unpaired) electrons. The molecule has 1 saturated heterocycles. The van der Waals surface area contributed by atoms with E-state index in [4.69, 9.17) is 4.98 Å². The van der Waals surface area contributed by atoms with Crippen LogP contribution in [0, 0.1) is 5.92 Å². The highest BCUT2D eigenvalue weighted by molar-refractivity contribution is 7.99. The van der Waals surface area contributed by atoms with Gasteiger partial charge >= 0.3 is 0 Å². The van der Waals surface area contributed by atoms with Crippen molar-refractivity contribution in [2.75, 3.05) is 5.75 Å². The van der Waals surface area contributed by atoms with E-state index in [0.29, 0.717) is 11.3 Å². The fraction of sp³-hybridized carbons (Fsp3) is 0.571. The molecule has 1 atom stereocenters. The van der Waals surface area contributed by atoms with E-state index in [2.05, 4.69) is 29.5 Å². The van der Waals surface area contributed by atoms with Gasteiger partial charge in [-0.2, -0.15) is 0 Å². The second-order valence-electron chi connectivity index (χ2n) is 5.31. The minimum atomic E-state index is 0.540. The second-order valence-corrected chi connectivity index (χ2v) is 6.60. The van der Waals surface area contributed by atoms with Crippen molar-refractivity contribution in [2.45, 2.75) is 38.5 Å². The van der Waals surface area contributed by atoms with E-state index in [1.807, 2.05) is 24.0 Å². The highest BCUT2D eigenvalue weighted by Gasteiger charge is 2.23. The van der Waals surface area contributed by atoms with Gasteiger partial charge in [0.15, 0.2) is 5.65 Å². The molecular weight excluding hydrogens is 242 g/mol. The molecule has 96 valence electrons. The van der Waals surface area contributed by atoms with E-state index in [1.54, 1.807) is 0 Å². The summed E-state index contributed by atoms with van der Waals surface area (Å²) in [4.78, 5) is 9.33. The summed E-state index contributed by atoms with van der Waals surface area (Å²) in [5.74, 6) is 3.10. The van der Waals surface area contributed by atoms with Crippen LogP contribution in [0.25, 0.3) is 11.2 Å². The van der Waals surface area contributed by atoms with E-state index in [1.165, 1.54) is 24.4 Å². The predicted molar refractivity (Wildman–Crippen MR) is 76.8 cm³/mol. The molecule has 0 spiro atoms. The Balaban J connectivity index is 2.11. The lowest BCUT2D eigenvalue weighted by Crippen LogP contribution is -2.10. The maximum Gasteiger partial charge on any atom is 0.160 e. The second kappa shape index (κ2) is 4.92. The largest absolute Gasteiger partial charge is 0.300 e. The van der Waals surface area contributed by atoms with Gasteiger partial charge in [-0.25, -0.2) is 9.97 Å². The lowest BCUT2D eigenvalue weighted by atomic mass is 10.1. The molecule has 0 saturated carbocycles. The van der Waals surface area contributed by atoms with E-state index in [0.717, 1.165) is 17.6 Å². The number of nitrogens with zero attached hydrogens (tertiary/aromatic N) is 3. The van der Waals surface area contributed by atoms with Crippen LogP contribution in [0.3, 0.4) is 0 Å². The summed E-state index contributed by atoms with van der Waals surface area (Å²) in [7, 11) is 0. The minimum absolute atomic E-state index is 0.540. The van der Waals surface area contributed by atoms with Crippen LogP contribution in [0.1, 0.15) is 37.9 Å². The van der Waals surface area contributed by atoms with E-state index in [9.17, 15) is 0 Å². The highest BCUT2D eigenvalue weighted by Crippen LogP contribution is 2.38. The monoisotopic (exact) mass is 261 g/mol. The molecule has 1 unspecified atom stereocenters. The van der Waals surface area contributed by atoms with Crippen LogP contribution in [0.2, 0.25) is 0 Å². The number of fused-ring (bicyclic) bond motifs is 1. The standard InChI is InChI=1S/C14H19N3S/c1-10(2)9-12-16-11-5-3-7-15-14(11)17(12)13-6-4-8-18-13/h3,5,7,10,13H,4,6,8-9H2,1-2H3. The number of hydrogen-bond acceptors (Lipinski definition) is 3. The molecule has 1 aliphatic rings. The number of thioether (sulfide) groups is 1. The zero-order valence-corrected chi connectivity index (χ0v) is 11.8. The number of hydrogen-bond donors (Lipinski definition) is 0. The number of aromatic nitrogens is 3. The lowest BCUT2D eigenvalue weighted by Gasteiger charge is -2.15. The number of imidazole rings is 1. The molecule has 3 rings (SSSR count). The average Bonchev–Trinajstić information content (AvgIpc) is 2.93. The Morgan fingerprint density at radius 2 is 2.39 bits per heavy atom. The van der Waals surface area contributed by atoms with Gasteiger partial charge in [0.1, 0.15) is 11.3 Å². The van der Waals surface area contributed by atoms with Crippen molar-refractivity contribution in [2.24, 2.45) is 5.92 Å². The number of pyridine rings is 1. The first-order chi connectivity index (χ1) is 8.75. The SMILES string of the molecule is CC(C)Cc1nc2cccnc2n1C1CCCS1. The number of rotatable bonds is 3. The van der Waals surface area contributed by atoms with Crippen LogP contribution in [-0.2, 0) is 6.42 Å². The first-order valence-electron chi connectivity index (χ1n) is 6.69. The lowest BCUT2D eigenvalue weighted by molar-refractivity contribution is 0.563. The Labute approximate surface area is 112 Å². The van der Waals surface area contributed by atoms with Crippen LogP contribution in [0.4, 0.5) is 0 Å². The zero-order chi connectivity index (χ0) is 12.5. The van der Waals surface area contributed by atoms with Gasteiger partial charge in [-0.15, -0.1) is 11.8 Å². The summed E-state index contributed by atoms with van der Waals surface area (Å²) in [6.45, 7) is 4.50. The van der Waals surface area contributed by atoms with Crippen LogP contribution in [0.15, 0.2) is 18.3 Å². The summed E-state index contributed by atoms with van der Waals surface area (Å²) in [5.41, 5.74) is 2.10. The molecular formula is C14H19N3S. The Bertz CT molecular complexity index is 541. The molecule has 0 aliphatic carbocycles. The molecule has 0 bridgehead atoms. The normalized spacial score (nSPS) is 20.1. The van der Waals surface area contributed by atoms with Crippen molar-refractivity contribution in [3.63, 3.8) is 0 Å². The Morgan fingerprint density at radius 3 is 3.11 bits per heavy atom. The Morgan fingerprint density at radius 1 is 1.50 bits per heavy atom. The van der Waals surface area contributed by atoms with Gasteiger partial charge in [-0.3, -0.25) is 4.57 Å². The molecule has 0 aromatic carbocycles. The molecule has 2 aromatic rings. The maximum atomic E-state index is 4.78. The van der Waals surface area contributed by atoms with Gasteiger partial charge in [0.2, 0.25) is 0 Å². The van der Waals surface area contributed by atoms with E-state index < -0.39 is 0 Å². The van der Waals surface area contributed by atoms with E-state index in [-0.39, 0.29) is 0 Å².